The molecule has 2 saturated heterocycles. The average Bonchev–Trinajstić information content (AvgIpc) is 2.99. The fourth-order valence-corrected chi connectivity index (χ4v) is 3.04. The fourth-order valence-electron chi connectivity index (χ4n) is 2.65. The number of hydroxylamine groups is 2. The lowest BCUT2D eigenvalue weighted by atomic mass is 10.0. The van der Waals surface area contributed by atoms with Gasteiger partial charge in [-0.1, -0.05) is 0 Å². The molecule has 12 heteroatoms. The molecule has 2 aliphatic heterocycles. The van der Waals surface area contributed by atoms with E-state index in [4.69, 9.17) is 14.7 Å². The monoisotopic (exact) mass is 333 g/mol. The lowest BCUT2D eigenvalue weighted by Gasteiger charge is -2.27. The number of nitrogens with zero attached hydrogens (tertiary/aromatic N) is 4. The molecule has 122 valence electrons. The Bertz CT molecular complexity index is 688. The van der Waals surface area contributed by atoms with Crippen molar-refractivity contribution in [2.24, 2.45) is 5.73 Å². The molecule has 2 bridgehead atoms. The van der Waals surface area contributed by atoms with Gasteiger partial charge in [-0.15, -0.1) is 14.5 Å². The first-order chi connectivity index (χ1) is 10.3. The van der Waals surface area contributed by atoms with Gasteiger partial charge >= 0.3 is 16.4 Å². The number of nitrogens with two attached hydrogens (primary N) is 1. The number of amides is 2. The second kappa shape index (κ2) is 5.15. The molecule has 0 spiro atoms. The molecule has 3 atom stereocenters. The lowest BCUT2D eigenvalue weighted by Crippen LogP contribution is -2.35. The fraction of sp³-hybridized carbons (Fsp3) is 0.700. The summed E-state index contributed by atoms with van der Waals surface area (Å²) in [6, 6.07) is -2.03. The van der Waals surface area contributed by atoms with Crippen molar-refractivity contribution in [2.75, 3.05) is 6.54 Å². The molecule has 2 amide bonds. The van der Waals surface area contributed by atoms with Crippen LogP contribution in [0.25, 0.3) is 0 Å². The topological polar surface area (TPSA) is 152 Å². The highest BCUT2D eigenvalue weighted by Crippen LogP contribution is 2.38. The van der Waals surface area contributed by atoms with Crippen molar-refractivity contribution in [3.63, 3.8) is 0 Å². The zero-order valence-electron chi connectivity index (χ0n) is 11.6. The Balaban J connectivity index is 1.82. The second-order valence-corrected chi connectivity index (χ2v) is 6.28. The summed E-state index contributed by atoms with van der Waals surface area (Å²) < 4.78 is 40.2. The Hall–Kier alpha value is -1.76. The highest BCUT2D eigenvalue weighted by atomic mass is 32.3. The molecule has 0 aliphatic carbocycles. The van der Waals surface area contributed by atoms with E-state index in [2.05, 4.69) is 14.5 Å². The zero-order valence-corrected chi connectivity index (χ0v) is 12.4. The van der Waals surface area contributed by atoms with E-state index < -0.39 is 34.6 Å². The van der Waals surface area contributed by atoms with E-state index in [1.807, 2.05) is 0 Å². The molecule has 2 aliphatic rings. The van der Waals surface area contributed by atoms with Crippen LogP contribution >= 0.6 is 0 Å². The second-order valence-electron chi connectivity index (χ2n) is 5.28. The van der Waals surface area contributed by atoms with Crippen LogP contribution < -0.4 is 5.73 Å². The molecular formula is C10H15N5O6S. The Labute approximate surface area is 125 Å². The summed E-state index contributed by atoms with van der Waals surface area (Å²) in [5, 5.41) is 8.38. The maximum atomic E-state index is 12.2. The van der Waals surface area contributed by atoms with Crippen molar-refractivity contribution >= 4 is 16.4 Å². The largest absolute Gasteiger partial charge is 0.421 e. The van der Waals surface area contributed by atoms with Gasteiger partial charge in [-0.2, -0.15) is 13.5 Å². The molecule has 2 fully saturated rings. The van der Waals surface area contributed by atoms with E-state index in [-0.39, 0.29) is 18.3 Å². The van der Waals surface area contributed by atoms with Crippen LogP contribution in [0.1, 0.15) is 43.6 Å². The number of hydrogen-bond acceptors (Lipinski definition) is 8. The van der Waals surface area contributed by atoms with Crippen molar-refractivity contribution in [1.82, 2.24) is 20.2 Å². The SMILES string of the molecule is C[C@H](N)c1nnc([C@@H]2CC[C@H]3CN2C(=O)N3OS(=O)(=O)O)o1. The van der Waals surface area contributed by atoms with Crippen LogP contribution in [-0.2, 0) is 14.7 Å². The quantitative estimate of drug-likeness (QED) is 0.711. The van der Waals surface area contributed by atoms with Gasteiger partial charge in [0.25, 0.3) is 0 Å². The number of fused-ring (bicyclic) bond motifs is 2. The molecule has 0 aromatic carbocycles. The summed E-state index contributed by atoms with van der Waals surface area (Å²) in [5.41, 5.74) is 5.65. The summed E-state index contributed by atoms with van der Waals surface area (Å²) in [6.45, 7) is 1.94. The predicted molar refractivity (Wildman–Crippen MR) is 69.2 cm³/mol. The summed E-state index contributed by atoms with van der Waals surface area (Å²) >= 11 is 0. The maximum Gasteiger partial charge on any atom is 0.418 e. The molecule has 0 radical (unpaired) electrons. The first-order valence-corrected chi connectivity index (χ1v) is 7.98. The molecule has 3 N–H and O–H groups in total. The maximum absolute atomic E-state index is 12.2. The number of urea groups is 1. The Morgan fingerprint density at radius 2 is 2.18 bits per heavy atom. The lowest BCUT2D eigenvalue weighted by molar-refractivity contribution is -0.0317. The average molecular weight is 333 g/mol. The third-order valence-corrected chi connectivity index (χ3v) is 3.98. The minimum atomic E-state index is -4.76. The van der Waals surface area contributed by atoms with Crippen LogP contribution in [-0.4, -0.2) is 51.7 Å². The van der Waals surface area contributed by atoms with E-state index in [0.29, 0.717) is 17.9 Å². The summed E-state index contributed by atoms with van der Waals surface area (Å²) in [5.74, 6) is 0.502. The van der Waals surface area contributed by atoms with Crippen molar-refractivity contribution in [1.29, 1.82) is 0 Å². The van der Waals surface area contributed by atoms with E-state index in [1.54, 1.807) is 6.92 Å². The number of carbonyl (C=O) groups is 1. The smallest absolute Gasteiger partial charge is 0.418 e. The third-order valence-electron chi connectivity index (χ3n) is 3.63. The van der Waals surface area contributed by atoms with Gasteiger partial charge in [-0.25, -0.2) is 4.79 Å². The van der Waals surface area contributed by atoms with Gasteiger partial charge in [0.05, 0.1) is 12.1 Å². The Morgan fingerprint density at radius 3 is 2.77 bits per heavy atom. The van der Waals surface area contributed by atoms with Crippen LogP contribution in [0.4, 0.5) is 4.79 Å². The molecule has 0 saturated carbocycles. The number of hydrogen-bond donors (Lipinski definition) is 2. The molecule has 0 unspecified atom stereocenters. The third kappa shape index (κ3) is 2.65. The van der Waals surface area contributed by atoms with E-state index in [1.165, 1.54) is 4.90 Å². The highest BCUT2D eigenvalue weighted by Gasteiger charge is 2.49. The normalized spacial score (nSPS) is 26.6. The minimum Gasteiger partial charge on any atom is -0.421 e. The van der Waals surface area contributed by atoms with Crippen LogP contribution in [0.2, 0.25) is 0 Å². The van der Waals surface area contributed by atoms with Gasteiger partial charge in [0, 0.05) is 6.54 Å². The van der Waals surface area contributed by atoms with Crippen molar-refractivity contribution in [2.45, 2.75) is 37.9 Å². The predicted octanol–water partition coefficient (Wildman–Crippen LogP) is -0.235. The van der Waals surface area contributed by atoms with E-state index in [0.717, 1.165) is 0 Å². The zero-order chi connectivity index (χ0) is 16.1. The van der Waals surface area contributed by atoms with Gasteiger partial charge in [0.2, 0.25) is 11.8 Å². The molecule has 11 nitrogen and oxygen atoms in total. The van der Waals surface area contributed by atoms with Gasteiger partial charge in [-0.05, 0) is 19.8 Å². The van der Waals surface area contributed by atoms with Crippen LogP contribution in [0.5, 0.6) is 0 Å². The van der Waals surface area contributed by atoms with Crippen LogP contribution in [0, 0.1) is 0 Å². The highest BCUT2D eigenvalue weighted by molar-refractivity contribution is 7.80. The van der Waals surface area contributed by atoms with Crippen LogP contribution in [0.15, 0.2) is 4.42 Å². The first kappa shape index (κ1) is 15.1. The van der Waals surface area contributed by atoms with Crippen molar-refractivity contribution in [3.05, 3.63) is 11.8 Å². The standard InChI is InChI=1S/C10H15N5O6S/c1-5(11)8-12-13-9(20-8)7-3-2-6-4-14(7)10(16)15(6)21-22(17,18)19/h5-7H,2-4,11H2,1H3,(H,17,18,19)/t5-,6-,7-/m0/s1. The van der Waals surface area contributed by atoms with Gasteiger partial charge in [0.1, 0.15) is 6.04 Å². The number of piperidine rings is 1. The molecule has 1 aromatic rings. The number of aromatic nitrogens is 2. The Kier molecular flexibility index (Phi) is 3.55. The van der Waals surface area contributed by atoms with Crippen molar-refractivity contribution < 1.29 is 26.5 Å². The van der Waals surface area contributed by atoms with Gasteiger partial charge in [-0.3, -0.25) is 4.55 Å². The molecular weight excluding hydrogens is 318 g/mol. The van der Waals surface area contributed by atoms with E-state index in [9.17, 15) is 13.2 Å². The summed E-state index contributed by atoms with van der Waals surface area (Å²) in [6.07, 6.45) is 0.973. The van der Waals surface area contributed by atoms with E-state index >= 15 is 0 Å². The minimum absolute atomic E-state index is 0.243. The summed E-state index contributed by atoms with van der Waals surface area (Å²) in [4.78, 5) is 13.6. The van der Waals surface area contributed by atoms with Gasteiger partial charge in [0.15, 0.2) is 0 Å². The van der Waals surface area contributed by atoms with Gasteiger partial charge < -0.3 is 15.1 Å². The van der Waals surface area contributed by atoms with Crippen molar-refractivity contribution in [3.8, 4) is 0 Å². The first-order valence-electron chi connectivity index (χ1n) is 6.62. The number of carbonyl (C=O) groups excluding carboxylic acids is 1. The molecule has 1 aromatic heterocycles. The van der Waals surface area contributed by atoms with Crippen LogP contribution in [0.3, 0.4) is 0 Å². The molecule has 3 heterocycles. The molecule has 22 heavy (non-hydrogen) atoms. The Morgan fingerprint density at radius 1 is 1.45 bits per heavy atom. The number of rotatable bonds is 4. The summed E-state index contributed by atoms with van der Waals surface area (Å²) in [7, 11) is -4.76. The molecule has 3 rings (SSSR count).